The number of halogens is 2. The van der Waals surface area contributed by atoms with Gasteiger partial charge in [-0.3, -0.25) is 14.4 Å². The summed E-state index contributed by atoms with van der Waals surface area (Å²) >= 11 is 13.0. The second-order valence-corrected chi connectivity index (χ2v) is 9.93. The van der Waals surface area contributed by atoms with Gasteiger partial charge < -0.3 is 0 Å². The van der Waals surface area contributed by atoms with Gasteiger partial charge in [0.05, 0.1) is 11.9 Å². The van der Waals surface area contributed by atoms with Crippen LogP contribution in [-0.2, 0) is 14.8 Å². The third-order valence-corrected chi connectivity index (χ3v) is 6.38. The Labute approximate surface area is 182 Å². The average Bonchev–Trinajstić information content (AvgIpc) is 3.08. The molecule has 152 valence electrons. The molecule has 7 nitrogen and oxygen atoms in total. The van der Waals surface area contributed by atoms with Crippen molar-refractivity contribution in [1.29, 1.82) is 0 Å². The lowest BCUT2D eigenvalue weighted by atomic mass is 10.2. The number of anilines is 2. The molecule has 1 N–H and O–H groups in total. The Balaban J connectivity index is 1.77. The van der Waals surface area contributed by atoms with Crippen LogP contribution < -0.4 is 9.62 Å². The van der Waals surface area contributed by atoms with Gasteiger partial charge in [0.1, 0.15) is 11.6 Å². The SMILES string of the molecule is Cc1cc(Cl)ccc1N(CC(=O)Nc1nnc(-c2ccc(Cl)cc2)s1)S(C)(=O)=O. The fourth-order valence-corrected chi connectivity index (χ4v) is 4.58. The number of hydrogen-bond donors (Lipinski definition) is 1. The van der Waals surface area contributed by atoms with Crippen LogP contribution >= 0.6 is 34.5 Å². The zero-order valence-electron chi connectivity index (χ0n) is 15.4. The Morgan fingerprint density at radius 2 is 1.76 bits per heavy atom. The largest absolute Gasteiger partial charge is 0.299 e. The number of amides is 1. The van der Waals surface area contributed by atoms with Gasteiger partial charge >= 0.3 is 0 Å². The summed E-state index contributed by atoms with van der Waals surface area (Å²) in [6, 6.07) is 11.8. The lowest BCUT2D eigenvalue weighted by Crippen LogP contribution is -2.37. The molecule has 1 aromatic heterocycles. The first-order chi connectivity index (χ1) is 13.6. The number of aryl methyl sites for hydroxylation is 1. The molecule has 0 aliphatic rings. The van der Waals surface area contributed by atoms with E-state index >= 15 is 0 Å². The molecule has 0 bridgehead atoms. The molecule has 0 aliphatic heterocycles. The van der Waals surface area contributed by atoms with Gasteiger partial charge in [-0.1, -0.05) is 46.7 Å². The van der Waals surface area contributed by atoms with Crippen molar-refractivity contribution in [3.63, 3.8) is 0 Å². The van der Waals surface area contributed by atoms with Crippen LogP contribution in [0.2, 0.25) is 10.0 Å². The van der Waals surface area contributed by atoms with Crippen LogP contribution in [0.5, 0.6) is 0 Å². The lowest BCUT2D eigenvalue weighted by molar-refractivity contribution is -0.114. The van der Waals surface area contributed by atoms with Crippen LogP contribution in [0.15, 0.2) is 42.5 Å². The molecule has 1 amide bonds. The maximum Gasteiger partial charge on any atom is 0.246 e. The van der Waals surface area contributed by atoms with Crippen molar-refractivity contribution < 1.29 is 13.2 Å². The molecular formula is C18H16Cl2N4O3S2. The summed E-state index contributed by atoms with van der Waals surface area (Å²) < 4.78 is 25.5. The van der Waals surface area contributed by atoms with Gasteiger partial charge in [-0.15, -0.1) is 10.2 Å². The maximum absolute atomic E-state index is 12.5. The first-order valence-electron chi connectivity index (χ1n) is 8.26. The molecule has 0 atom stereocenters. The van der Waals surface area contributed by atoms with Crippen LogP contribution in [0.3, 0.4) is 0 Å². The number of nitrogens with zero attached hydrogens (tertiary/aromatic N) is 3. The van der Waals surface area contributed by atoms with Crippen molar-refractivity contribution >= 4 is 61.3 Å². The molecular weight excluding hydrogens is 455 g/mol. The minimum absolute atomic E-state index is 0.265. The normalized spacial score (nSPS) is 11.3. The first-order valence-corrected chi connectivity index (χ1v) is 11.7. The monoisotopic (exact) mass is 470 g/mol. The smallest absolute Gasteiger partial charge is 0.246 e. The topological polar surface area (TPSA) is 92.3 Å². The second-order valence-electron chi connectivity index (χ2n) is 6.17. The summed E-state index contributed by atoms with van der Waals surface area (Å²) in [4.78, 5) is 12.5. The molecule has 11 heteroatoms. The number of benzene rings is 2. The molecule has 0 aliphatic carbocycles. The summed E-state index contributed by atoms with van der Waals surface area (Å²) in [5.41, 5.74) is 1.82. The number of carbonyl (C=O) groups is 1. The number of nitrogens with one attached hydrogen (secondary N) is 1. The van der Waals surface area contributed by atoms with E-state index in [9.17, 15) is 13.2 Å². The highest BCUT2D eigenvalue weighted by atomic mass is 35.5. The Morgan fingerprint density at radius 3 is 2.38 bits per heavy atom. The number of rotatable bonds is 6. The molecule has 3 aromatic rings. The van der Waals surface area contributed by atoms with Gasteiger partial charge in [-0.25, -0.2) is 8.42 Å². The quantitative estimate of drug-likeness (QED) is 0.581. The molecule has 0 saturated heterocycles. The van der Waals surface area contributed by atoms with Gasteiger partial charge in [-0.2, -0.15) is 0 Å². The summed E-state index contributed by atoms with van der Waals surface area (Å²) in [5.74, 6) is -0.538. The Kier molecular flexibility index (Phi) is 6.42. The van der Waals surface area contributed by atoms with Crippen LogP contribution in [0.25, 0.3) is 10.6 Å². The standard InChI is InChI=1S/C18H16Cl2N4O3S2/c1-11-9-14(20)7-8-15(11)24(29(2,26)27)10-16(25)21-18-23-22-17(28-18)12-3-5-13(19)6-4-12/h3-9H,10H2,1-2H3,(H,21,23,25). The van der Waals surface area contributed by atoms with Gasteiger partial charge in [0.25, 0.3) is 0 Å². The molecule has 0 saturated carbocycles. The van der Waals surface area contributed by atoms with Crippen molar-refractivity contribution in [1.82, 2.24) is 10.2 Å². The van der Waals surface area contributed by atoms with Crippen molar-refractivity contribution in [2.45, 2.75) is 6.92 Å². The van der Waals surface area contributed by atoms with Crippen molar-refractivity contribution in [2.24, 2.45) is 0 Å². The van der Waals surface area contributed by atoms with E-state index in [-0.39, 0.29) is 5.13 Å². The van der Waals surface area contributed by atoms with E-state index in [4.69, 9.17) is 23.2 Å². The zero-order chi connectivity index (χ0) is 21.2. The number of aromatic nitrogens is 2. The van der Waals surface area contributed by atoms with Crippen molar-refractivity contribution in [3.05, 3.63) is 58.1 Å². The molecule has 0 unspecified atom stereocenters. The fraction of sp³-hybridized carbons (Fsp3) is 0.167. The minimum atomic E-state index is -3.70. The Morgan fingerprint density at radius 1 is 1.10 bits per heavy atom. The molecule has 3 rings (SSSR count). The van der Waals surface area contributed by atoms with Crippen molar-refractivity contribution in [2.75, 3.05) is 22.4 Å². The summed E-state index contributed by atoms with van der Waals surface area (Å²) in [6.07, 6.45) is 1.04. The predicted molar refractivity (Wildman–Crippen MR) is 117 cm³/mol. The van der Waals surface area contributed by atoms with E-state index in [0.717, 1.165) is 16.1 Å². The van der Waals surface area contributed by atoms with E-state index in [1.54, 1.807) is 49.4 Å². The Hall–Kier alpha value is -2.20. The molecule has 0 radical (unpaired) electrons. The summed E-state index contributed by atoms with van der Waals surface area (Å²) in [6.45, 7) is 1.32. The molecule has 1 heterocycles. The number of carbonyl (C=O) groups excluding carboxylic acids is 1. The lowest BCUT2D eigenvalue weighted by Gasteiger charge is -2.23. The molecule has 2 aromatic carbocycles. The average molecular weight is 471 g/mol. The maximum atomic E-state index is 12.5. The van der Waals surface area contributed by atoms with Crippen LogP contribution in [0, 0.1) is 6.92 Å². The van der Waals surface area contributed by atoms with Gasteiger partial charge in [-0.05, 0) is 42.8 Å². The van der Waals surface area contributed by atoms with Gasteiger partial charge in [0.15, 0.2) is 0 Å². The molecule has 0 fully saturated rings. The third kappa shape index (κ3) is 5.45. The highest BCUT2D eigenvalue weighted by molar-refractivity contribution is 7.92. The van der Waals surface area contributed by atoms with E-state index in [1.165, 1.54) is 11.3 Å². The highest BCUT2D eigenvalue weighted by Gasteiger charge is 2.23. The highest BCUT2D eigenvalue weighted by Crippen LogP contribution is 2.28. The fourth-order valence-electron chi connectivity index (χ4n) is 2.55. The van der Waals surface area contributed by atoms with Gasteiger partial charge in [0.2, 0.25) is 21.1 Å². The molecule has 29 heavy (non-hydrogen) atoms. The number of hydrogen-bond acceptors (Lipinski definition) is 6. The summed E-state index contributed by atoms with van der Waals surface area (Å²) in [5, 5.41) is 12.5. The van der Waals surface area contributed by atoms with E-state index < -0.39 is 22.5 Å². The Bertz CT molecular complexity index is 1150. The minimum Gasteiger partial charge on any atom is -0.299 e. The van der Waals surface area contributed by atoms with E-state index in [1.807, 2.05) is 0 Å². The van der Waals surface area contributed by atoms with Crippen LogP contribution in [0.1, 0.15) is 5.56 Å². The van der Waals surface area contributed by atoms with Crippen LogP contribution in [-0.4, -0.2) is 37.3 Å². The predicted octanol–water partition coefficient (Wildman–Crippen LogP) is 4.23. The number of sulfonamides is 1. The molecule has 0 spiro atoms. The van der Waals surface area contributed by atoms with Crippen LogP contribution in [0.4, 0.5) is 10.8 Å². The second kappa shape index (κ2) is 8.66. The van der Waals surface area contributed by atoms with Crippen molar-refractivity contribution in [3.8, 4) is 10.6 Å². The van der Waals surface area contributed by atoms with E-state index in [2.05, 4.69) is 15.5 Å². The van der Waals surface area contributed by atoms with Gasteiger partial charge in [0, 0.05) is 15.6 Å². The van der Waals surface area contributed by atoms with E-state index in [0.29, 0.717) is 26.3 Å². The third-order valence-electron chi connectivity index (χ3n) is 3.88. The zero-order valence-corrected chi connectivity index (χ0v) is 18.5. The summed E-state index contributed by atoms with van der Waals surface area (Å²) in [7, 11) is -3.70. The first kappa shape index (κ1) is 21.5.